The third-order valence-electron chi connectivity index (χ3n) is 12.1. The first-order chi connectivity index (χ1) is 29.8. The van der Waals surface area contributed by atoms with E-state index in [0.29, 0.717) is 17.5 Å². The van der Waals surface area contributed by atoms with Crippen molar-refractivity contribution in [1.29, 1.82) is 0 Å². The summed E-state index contributed by atoms with van der Waals surface area (Å²) in [6.07, 6.45) is 1.90. The van der Waals surface area contributed by atoms with Gasteiger partial charge in [0.15, 0.2) is 17.5 Å². The second-order valence-corrected chi connectivity index (χ2v) is 16.4. The van der Waals surface area contributed by atoms with Gasteiger partial charge in [0.25, 0.3) is 0 Å². The highest BCUT2D eigenvalue weighted by Crippen LogP contribution is 2.64. The van der Waals surface area contributed by atoms with E-state index in [9.17, 15) is 0 Å². The van der Waals surface area contributed by atoms with Crippen LogP contribution < -0.4 is 0 Å². The van der Waals surface area contributed by atoms with Gasteiger partial charge in [-0.25, -0.2) is 15.0 Å². The van der Waals surface area contributed by atoms with Crippen LogP contribution in [0, 0.1) is 0 Å². The van der Waals surface area contributed by atoms with Crippen molar-refractivity contribution in [2.45, 2.75) is 15.2 Å². The fourth-order valence-corrected chi connectivity index (χ4v) is 10.7. The standard InChI is InChI=1S/C55H34N4S/c1-3-15-37(16-4-1)52-57-53(38-17-5-2-6-18-38)59-54(58-52)39-32-30-35(31-33-39)40-21-12-26-45-49(40)50-41(42-23-11-19-36-20-14-34-56-51(36)42)22-13-27-46(50)55(45)43-24-7-9-28-47(43)60-48-29-10-8-25-44(48)55/h1-34H. The summed E-state index contributed by atoms with van der Waals surface area (Å²) in [5.74, 6) is 1.93. The Morgan fingerprint density at radius 3 is 1.40 bits per heavy atom. The summed E-state index contributed by atoms with van der Waals surface area (Å²) in [5, 5.41) is 1.12. The van der Waals surface area contributed by atoms with E-state index >= 15 is 0 Å². The molecule has 0 N–H and O–H groups in total. The number of hydrogen-bond donors (Lipinski definition) is 0. The lowest BCUT2D eigenvalue weighted by atomic mass is 9.67. The molecular formula is C55H34N4S. The molecule has 3 heterocycles. The summed E-state index contributed by atoms with van der Waals surface area (Å²) in [6, 6.07) is 71.5. The van der Waals surface area contributed by atoms with Gasteiger partial charge in [0, 0.05) is 43.6 Å². The molecule has 2 aliphatic rings. The zero-order valence-corrected chi connectivity index (χ0v) is 33.1. The fourth-order valence-electron chi connectivity index (χ4n) is 9.51. The van der Waals surface area contributed by atoms with Crippen molar-refractivity contribution in [3.63, 3.8) is 0 Å². The van der Waals surface area contributed by atoms with Gasteiger partial charge in [0.1, 0.15) is 0 Å². The quantitative estimate of drug-likeness (QED) is 0.174. The molecule has 0 atom stereocenters. The largest absolute Gasteiger partial charge is 0.256 e. The molecule has 0 amide bonds. The van der Waals surface area contributed by atoms with E-state index in [0.717, 1.165) is 38.7 Å². The monoisotopic (exact) mass is 782 g/mol. The lowest BCUT2D eigenvalue weighted by Crippen LogP contribution is -2.31. The Morgan fingerprint density at radius 1 is 0.333 bits per heavy atom. The fraction of sp³-hybridized carbons (Fsp3) is 0.0182. The molecule has 0 bridgehead atoms. The maximum Gasteiger partial charge on any atom is 0.164 e. The van der Waals surface area contributed by atoms with Crippen LogP contribution in [0.4, 0.5) is 0 Å². The number of fused-ring (bicyclic) bond motifs is 10. The van der Waals surface area contributed by atoms with Crippen molar-refractivity contribution < 1.29 is 0 Å². The maximum atomic E-state index is 5.03. The summed E-state index contributed by atoms with van der Waals surface area (Å²) in [5.41, 5.74) is 15.6. The lowest BCUT2D eigenvalue weighted by Gasteiger charge is -2.39. The first-order valence-electron chi connectivity index (χ1n) is 20.2. The number of para-hydroxylation sites is 1. The minimum atomic E-state index is -0.528. The first kappa shape index (κ1) is 34.6. The highest BCUT2D eigenvalue weighted by molar-refractivity contribution is 7.99. The number of nitrogens with zero attached hydrogens (tertiary/aromatic N) is 4. The molecule has 5 heteroatoms. The summed E-state index contributed by atoms with van der Waals surface area (Å²) in [6.45, 7) is 0. The number of benzene rings is 8. The normalized spacial score (nSPS) is 13.1. The average Bonchev–Trinajstić information content (AvgIpc) is 3.63. The maximum absolute atomic E-state index is 5.03. The van der Waals surface area contributed by atoms with Crippen LogP contribution in [-0.2, 0) is 5.41 Å². The molecular weight excluding hydrogens is 749 g/mol. The molecule has 8 aromatic carbocycles. The van der Waals surface area contributed by atoms with Crippen LogP contribution >= 0.6 is 11.8 Å². The van der Waals surface area contributed by atoms with Gasteiger partial charge < -0.3 is 0 Å². The summed E-state index contributed by atoms with van der Waals surface area (Å²) in [4.78, 5) is 22.5. The zero-order valence-electron chi connectivity index (χ0n) is 32.3. The van der Waals surface area contributed by atoms with E-state index in [4.69, 9.17) is 19.9 Å². The molecule has 1 aliphatic heterocycles. The van der Waals surface area contributed by atoms with Gasteiger partial charge in [0.2, 0.25) is 0 Å². The van der Waals surface area contributed by atoms with Crippen LogP contribution in [0.3, 0.4) is 0 Å². The predicted octanol–water partition coefficient (Wildman–Crippen LogP) is 13.6. The third-order valence-corrected chi connectivity index (χ3v) is 13.2. The van der Waals surface area contributed by atoms with E-state index in [1.807, 2.05) is 84.7 Å². The second-order valence-electron chi connectivity index (χ2n) is 15.3. The Hall–Kier alpha value is -7.47. The van der Waals surface area contributed by atoms with Crippen LogP contribution in [0.25, 0.3) is 78.4 Å². The van der Waals surface area contributed by atoms with Gasteiger partial charge in [-0.1, -0.05) is 194 Å². The van der Waals surface area contributed by atoms with Gasteiger partial charge in [-0.15, -0.1) is 0 Å². The average molecular weight is 783 g/mol. The molecule has 0 fully saturated rings. The van der Waals surface area contributed by atoms with Gasteiger partial charge in [-0.3, -0.25) is 4.98 Å². The van der Waals surface area contributed by atoms with Crippen molar-refractivity contribution in [1.82, 2.24) is 19.9 Å². The van der Waals surface area contributed by atoms with Crippen LogP contribution in [0.5, 0.6) is 0 Å². The van der Waals surface area contributed by atoms with Crippen molar-refractivity contribution in [3.8, 4) is 67.5 Å². The van der Waals surface area contributed by atoms with Crippen molar-refractivity contribution in [2.75, 3.05) is 0 Å². The number of pyridine rings is 1. The van der Waals surface area contributed by atoms with Gasteiger partial charge >= 0.3 is 0 Å². The van der Waals surface area contributed by atoms with Crippen molar-refractivity contribution >= 4 is 22.7 Å². The van der Waals surface area contributed by atoms with Gasteiger partial charge in [-0.2, -0.15) is 0 Å². The van der Waals surface area contributed by atoms with E-state index in [1.54, 1.807) is 0 Å². The summed E-state index contributed by atoms with van der Waals surface area (Å²) < 4.78 is 0. The Bertz CT molecular complexity index is 3180. The minimum absolute atomic E-state index is 0.528. The lowest BCUT2D eigenvalue weighted by molar-refractivity contribution is 0.722. The van der Waals surface area contributed by atoms with Crippen molar-refractivity contribution in [2.24, 2.45) is 0 Å². The molecule has 60 heavy (non-hydrogen) atoms. The molecule has 280 valence electrons. The molecule has 12 rings (SSSR count). The number of aromatic nitrogens is 4. The van der Waals surface area contributed by atoms with E-state index in [-0.39, 0.29) is 0 Å². The van der Waals surface area contributed by atoms with Crippen LogP contribution in [-0.4, -0.2) is 19.9 Å². The third kappa shape index (κ3) is 5.26. The Balaban J connectivity index is 1.10. The van der Waals surface area contributed by atoms with E-state index < -0.39 is 5.41 Å². The summed E-state index contributed by atoms with van der Waals surface area (Å²) in [7, 11) is 0. The van der Waals surface area contributed by atoms with Crippen molar-refractivity contribution in [3.05, 3.63) is 229 Å². The highest BCUT2D eigenvalue weighted by Gasteiger charge is 2.51. The minimum Gasteiger partial charge on any atom is -0.256 e. The predicted molar refractivity (Wildman–Crippen MR) is 244 cm³/mol. The molecule has 10 aromatic rings. The number of rotatable bonds is 5. The molecule has 4 nitrogen and oxygen atoms in total. The van der Waals surface area contributed by atoms with E-state index in [2.05, 4.69) is 133 Å². The topological polar surface area (TPSA) is 51.6 Å². The molecule has 0 saturated heterocycles. The number of hydrogen-bond acceptors (Lipinski definition) is 5. The first-order valence-corrected chi connectivity index (χ1v) is 21.0. The van der Waals surface area contributed by atoms with Crippen LogP contribution in [0.2, 0.25) is 0 Å². The Morgan fingerprint density at radius 2 is 0.783 bits per heavy atom. The Labute approximate surface area is 352 Å². The van der Waals surface area contributed by atoms with Gasteiger partial charge in [-0.05, 0) is 68.3 Å². The second kappa shape index (κ2) is 13.8. The molecule has 1 aliphatic carbocycles. The molecule has 1 spiro atoms. The van der Waals surface area contributed by atoms with E-state index in [1.165, 1.54) is 54.3 Å². The smallest absolute Gasteiger partial charge is 0.164 e. The molecule has 0 radical (unpaired) electrons. The van der Waals surface area contributed by atoms with Crippen LogP contribution in [0.1, 0.15) is 22.3 Å². The highest BCUT2D eigenvalue weighted by atomic mass is 32.2. The van der Waals surface area contributed by atoms with Gasteiger partial charge in [0.05, 0.1) is 10.9 Å². The SMILES string of the molecule is c1ccc(-c2nc(-c3ccccc3)nc(-c3ccc(-c4cccc5c4-c4c(-c6cccc7cccnc67)cccc4C54c5ccccc5Sc5ccccc54)cc3)n2)cc1. The molecule has 0 unspecified atom stereocenters. The molecule has 0 saturated carbocycles. The zero-order chi connectivity index (χ0) is 39.6. The molecule has 2 aromatic heterocycles. The Kier molecular flexibility index (Phi) is 7.97. The summed E-state index contributed by atoms with van der Waals surface area (Å²) >= 11 is 1.87. The van der Waals surface area contributed by atoms with Crippen LogP contribution in [0.15, 0.2) is 216 Å².